The van der Waals surface area contributed by atoms with Gasteiger partial charge in [0.25, 0.3) is 5.79 Å². The summed E-state index contributed by atoms with van der Waals surface area (Å²) in [6.45, 7) is 11.6. The van der Waals surface area contributed by atoms with E-state index in [0.717, 1.165) is 11.1 Å². The highest BCUT2D eigenvalue weighted by atomic mass is 16.7. The van der Waals surface area contributed by atoms with Crippen molar-refractivity contribution in [3.8, 4) is 11.5 Å². The Kier molecular flexibility index (Phi) is 5.06. The van der Waals surface area contributed by atoms with Crippen LogP contribution in [0.15, 0.2) is 24.3 Å². The second-order valence-electron chi connectivity index (χ2n) is 10.4. The number of carbonyl (C=O) groups is 2. The van der Waals surface area contributed by atoms with Crippen LogP contribution >= 0.6 is 0 Å². The van der Waals surface area contributed by atoms with Crippen LogP contribution in [0.3, 0.4) is 0 Å². The number of carboxylic acids is 2. The van der Waals surface area contributed by atoms with Crippen molar-refractivity contribution in [3.63, 3.8) is 0 Å². The molecular formula is C26H30O7. The zero-order chi connectivity index (χ0) is 24.5. The van der Waals surface area contributed by atoms with Crippen LogP contribution in [0.2, 0.25) is 0 Å². The summed E-state index contributed by atoms with van der Waals surface area (Å²) in [7, 11) is 1.60. The predicted molar refractivity (Wildman–Crippen MR) is 122 cm³/mol. The van der Waals surface area contributed by atoms with Crippen molar-refractivity contribution in [2.45, 2.75) is 70.7 Å². The molecule has 2 aromatic carbocycles. The number of methoxy groups -OCH3 is 1. The molecule has 1 spiro atoms. The van der Waals surface area contributed by atoms with Crippen LogP contribution in [0, 0.1) is 13.8 Å². The minimum absolute atomic E-state index is 0.225. The maximum absolute atomic E-state index is 11.8. The van der Waals surface area contributed by atoms with Gasteiger partial charge in [-0.3, -0.25) is 0 Å². The Morgan fingerprint density at radius 3 is 1.79 bits per heavy atom. The van der Waals surface area contributed by atoms with Crippen molar-refractivity contribution in [2.24, 2.45) is 0 Å². The van der Waals surface area contributed by atoms with E-state index >= 15 is 0 Å². The third-order valence-electron chi connectivity index (χ3n) is 7.08. The van der Waals surface area contributed by atoms with Gasteiger partial charge >= 0.3 is 11.9 Å². The van der Waals surface area contributed by atoms with Crippen LogP contribution in [-0.2, 0) is 15.6 Å². The summed E-state index contributed by atoms with van der Waals surface area (Å²) in [6, 6.07) is 6.85. The molecule has 7 nitrogen and oxygen atoms in total. The Morgan fingerprint density at radius 1 is 0.879 bits per heavy atom. The summed E-state index contributed by atoms with van der Waals surface area (Å²) in [5.41, 5.74) is 2.10. The molecule has 2 aliphatic heterocycles. The summed E-state index contributed by atoms with van der Waals surface area (Å²) in [5.74, 6) is -2.03. The number of benzene rings is 2. The first kappa shape index (κ1) is 23.1. The Balaban J connectivity index is 1.92. The van der Waals surface area contributed by atoms with E-state index in [9.17, 15) is 19.8 Å². The van der Waals surface area contributed by atoms with Gasteiger partial charge < -0.3 is 24.4 Å². The second-order valence-corrected chi connectivity index (χ2v) is 10.4. The topological polar surface area (TPSA) is 102 Å². The average Bonchev–Trinajstić information content (AvgIpc) is 2.65. The number of hydrogen-bond donors (Lipinski definition) is 2. The maximum atomic E-state index is 11.8. The number of aryl methyl sites for hydroxylation is 2. The molecule has 0 saturated heterocycles. The monoisotopic (exact) mass is 454 g/mol. The van der Waals surface area contributed by atoms with E-state index in [0.29, 0.717) is 29.0 Å². The molecule has 2 heterocycles. The highest BCUT2D eigenvalue weighted by molar-refractivity contribution is 5.90. The van der Waals surface area contributed by atoms with Gasteiger partial charge in [0.1, 0.15) is 17.6 Å². The molecule has 2 aliphatic rings. The van der Waals surface area contributed by atoms with E-state index in [-0.39, 0.29) is 11.1 Å². The van der Waals surface area contributed by atoms with Crippen LogP contribution in [0.1, 0.15) is 77.1 Å². The number of ether oxygens (including phenoxy) is 3. The summed E-state index contributed by atoms with van der Waals surface area (Å²) in [4.78, 5) is 23.5. The van der Waals surface area contributed by atoms with Crippen LogP contribution in [0.5, 0.6) is 11.5 Å². The van der Waals surface area contributed by atoms with Gasteiger partial charge in [-0.2, -0.15) is 0 Å². The normalized spacial score (nSPS) is 24.3. The minimum atomic E-state index is -1.18. The summed E-state index contributed by atoms with van der Waals surface area (Å²) in [6.07, 6.45) is -0.148. The van der Waals surface area contributed by atoms with Crippen molar-refractivity contribution < 1.29 is 34.0 Å². The van der Waals surface area contributed by atoms with E-state index in [4.69, 9.17) is 14.2 Å². The van der Waals surface area contributed by atoms with Gasteiger partial charge in [-0.15, -0.1) is 0 Å². The number of rotatable bonds is 3. The molecule has 0 aromatic heterocycles. The van der Waals surface area contributed by atoms with E-state index in [1.54, 1.807) is 45.2 Å². The fourth-order valence-corrected chi connectivity index (χ4v) is 5.57. The first-order valence-electron chi connectivity index (χ1n) is 10.9. The zero-order valence-corrected chi connectivity index (χ0v) is 20.0. The molecule has 33 heavy (non-hydrogen) atoms. The van der Waals surface area contributed by atoms with Crippen molar-refractivity contribution in [3.05, 3.63) is 57.6 Å². The number of hydrogen-bond acceptors (Lipinski definition) is 5. The molecule has 2 aromatic rings. The molecule has 0 amide bonds. The predicted octanol–water partition coefficient (Wildman–Crippen LogP) is 4.84. The first-order chi connectivity index (χ1) is 15.2. The van der Waals surface area contributed by atoms with Crippen molar-refractivity contribution in [2.75, 3.05) is 7.11 Å². The fourth-order valence-electron chi connectivity index (χ4n) is 5.57. The van der Waals surface area contributed by atoms with Gasteiger partial charge in [0, 0.05) is 35.5 Å². The smallest absolute Gasteiger partial charge is 0.335 e. The van der Waals surface area contributed by atoms with Crippen LogP contribution < -0.4 is 9.47 Å². The molecule has 0 aliphatic carbocycles. The SMILES string of the molecule is COC1C2(CC(C)(C)c3cc(C(=O)O)c(C)cc3O2)Oc2cc(C)c(C(=O)O)cc2C1(C)C. The molecule has 2 unspecified atom stereocenters. The van der Waals surface area contributed by atoms with Crippen molar-refractivity contribution in [1.82, 2.24) is 0 Å². The molecule has 176 valence electrons. The lowest BCUT2D eigenvalue weighted by Gasteiger charge is -2.55. The Labute approximate surface area is 193 Å². The molecule has 7 heteroatoms. The van der Waals surface area contributed by atoms with Gasteiger partial charge in [-0.1, -0.05) is 27.7 Å². The molecule has 0 saturated carbocycles. The first-order valence-corrected chi connectivity index (χ1v) is 10.9. The third kappa shape index (κ3) is 3.37. The molecule has 0 radical (unpaired) electrons. The molecule has 0 fully saturated rings. The quantitative estimate of drug-likeness (QED) is 0.684. The lowest BCUT2D eigenvalue weighted by molar-refractivity contribution is -0.241. The van der Waals surface area contributed by atoms with E-state index < -0.39 is 34.7 Å². The van der Waals surface area contributed by atoms with Gasteiger partial charge in [0.2, 0.25) is 0 Å². The number of aromatic carboxylic acids is 2. The van der Waals surface area contributed by atoms with Gasteiger partial charge in [0.05, 0.1) is 11.1 Å². The van der Waals surface area contributed by atoms with E-state index in [1.807, 2.05) is 27.7 Å². The molecule has 2 N–H and O–H groups in total. The molecule has 4 rings (SSSR count). The summed E-state index contributed by atoms with van der Waals surface area (Å²) >= 11 is 0. The Bertz CT molecular complexity index is 1170. The number of carboxylic acid groups (broad SMARTS) is 2. The van der Waals surface area contributed by atoms with Gasteiger partial charge in [-0.05, 0) is 49.2 Å². The Hall–Kier alpha value is -3.06. The number of fused-ring (bicyclic) bond motifs is 2. The van der Waals surface area contributed by atoms with Crippen LogP contribution in [0.25, 0.3) is 0 Å². The zero-order valence-electron chi connectivity index (χ0n) is 20.0. The largest absolute Gasteiger partial charge is 0.478 e. The lowest BCUT2D eigenvalue weighted by Crippen LogP contribution is -2.66. The van der Waals surface area contributed by atoms with Crippen molar-refractivity contribution in [1.29, 1.82) is 0 Å². The van der Waals surface area contributed by atoms with E-state index in [2.05, 4.69) is 0 Å². The van der Waals surface area contributed by atoms with Crippen LogP contribution in [0.4, 0.5) is 0 Å². The summed E-state index contributed by atoms with van der Waals surface area (Å²) in [5, 5.41) is 19.2. The van der Waals surface area contributed by atoms with Crippen molar-refractivity contribution >= 4 is 11.9 Å². The lowest BCUT2D eigenvalue weighted by atomic mass is 9.66. The Morgan fingerprint density at radius 2 is 1.33 bits per heavy atom. The average molecular weight is 455 g/mol. The fraction of sp³-hybridized carbons (Fsp3) is 0.462. The third-order valence-corrected chi connectivity index (χ3v) is 7.08. The molecular weight excluding hydrogens is 424 g/mol. The molecule has 0 bridgehead atoms. The second kappa shape index (κ2) is 7.22. The summed E-state index contributed by atoms with van der Waals surface area (Å²) < 4.78 is 19.1. The van der Waals surface area contributed by atoms with Gasteiger partial charge in [0.15, 0.2) is 0 Å². The standard InChI is InChI=1S/C26H30O7/c1-13-8-19-17(10-15(13)21(27)28)24(3,4)12-26(32-19)23(31-7)25(5,6)18-11-16(22(29)30)14(2)9-20(18)33-26/h8-11,23H,12H2,1-7H3,(H,27,28)(H,29,30). The van der Waals surface area contributed by atoms with Gasteiger partial charge in [-0.25, -0.2) is 9.59 Å². The maximum Gasteiger partial charge on any atom is 0.335 e. The van der Waals surface area contributed by atoms with Crippen LogP contribution in [-0.4, -0.2) is 41.2 Å². The highest BCUT2D eigenvalue weighted by Crippen LogP contribution is 2.55. The van der Waals surface area contributed by atoms with E-state index in [1.165, 1.54) is 0 Å². The highest BCUT2D eigenvalue weighted by Gasteiger charge is 2.61. The minimum Gasteiger partial charge on any atom is -0.478 e. The molecule has 2 atom stereocenters.